The standard InChI is InChI=1S/C28H43NO6/c1-18-19-6-9-28-21(14-19)27(16-30)8-5-7-26(4,17-33-24(31)29-10-12-32-13-11-29)20(27)15-22(28)34-25(2,3)35-23(18)28/h19-23,30H,1,5-17H2,2-4H3. The molecule has 2 saturated heterocycles. The minimum Gasteiger partial charge on any atom is -0.449 e. The fourth-order valence-corrected chi connectivity index (χ4v) is 9.52. The first-order valence-electron chi connectivity index (χ1n) is 13.8. The van der Waals surface area contributed by atoms with Crippen molar-refractivity contribution in [3.05, 3.63) is 12.2 Å². The van der Waals surface area contributed by atoms with E-state index in [9.17, 15) is 9.90 Å². The van der Waals surface area contributed by atoms with Crippen LogP contribution in [0.4, 0.5) is 4.79 Å². The zero-order valence-corrected chi connectivity index (χ0v) is 21.7. The van der Waals surface area contributed by atoms with Crippen molar-refractivity contribution in [3.8, 4) is 0 Å². The lowest BCUT2D eigenvalue weighted by atomic mass is 9.35. The Morgan fingerprint density at radius 2 is 1.89 bits per heavy atom. The Labute approximate surface area is 209 Å². The Morgan fingerprint density at radius 3 is 2.63 bits per heavy atom. The molecule has 2 bridgehead atoms. The molecule has 7 fully saturated rings. The van der Waals surface area contributed by atoms with Crippen LogP contribution < -0.4 is 0 Å². The summed E-state index contributed by atoms with van der Waals surface area (Å²) >= 11 is 0. The molecule has 5 saturated carbocycles. The van der Waals surface area contributed by atoms with E-state index in [1.807, 2.05) is 13.8 Å². The molecule has 2 heterocycles. The van der Waals surface area contributed by atoms with Gasteiger partial charge in [-0.15, -0.1) is 0 Å². The van der Waals surface area contributed by atoms with E-state index < -0.39 is 5.79 Å². The Bertz CT molecular complexity index is 885. The predicted molar refractivity (Wildman–Crippen MR) is 130 cm³/mol. The lowest BCUT2D eigenvalue weighted by Crippen LogP contribution is -2.75. The van der Waals surface area contributed by atoms with Crippen LogP contribution in [-0.4, -0.2) is 73.6 Å². The van der Waals surface area contributed by atoms with Crippen LogP contribution in [0.15, 0.2) is 12.2 Å². The number of carbonyl (C=O) groups is 1. The van der Waals surface area contributed by atoms with Gasteiger partial charge in [0.1, 0.15) is 0 Å². The number of ether oxygens (including phenoxy) is 4. The molecular formula is C28H43NO6. The summed E-state index contributed by atoms with van der Waals surface area (Å²) in [7, 11) is 0. The molecule has 7 heteroatoms. The van der Waals surface area contributed by atoms with Crippen molar-refractivity contribution in [2.75, 3.05) is 39.5 Å². The van der Waals surface area contributed by atoms with Gasteiger partial charge in [0.15, 0.2) is 5.79 Å². The van der Waals surface area contributed by atoms with Gasteiger partial charge in [-0.2, -0.15) is 0 Å². The minimum atomic E-state index is -0.654. The van der Waals surface area contributed by atoms with Crippen LogP contribution in [0.1, 0.15) is 65.7 Å². The number of aliphatic hydroxyl groups excluding tert-OH is 1. The molecule has 5 aliphatic carbocycles. The Balaban J connectivity index is 1.33. The first kappa shape index (κ1) is 24.2. The number of aliphatic hydroxyl groups is 1. The maximum atomic E-state index is 12.9. The van der Waals surface area contributed by atoms with Gasteiger partial charge < -0.3 is 29.0 Å². The molecule has 7 aliphatic rings. The molecular weight excluding hydrogens is 446 g/mol. The SMILES string of the molecule is C=C1C2CCC34C(CC5C(C)(COC(=O)N6CCOCC6)CCCC5(CO)C3C2)OC(C)(C)OC14. The van der Waals surface area contributed by atoms with Crippen molar-refractivity contribution in [3.63, 3.8) is 0 Å². The van der Waals surface area contributed by atoms with Crippen LogP contribution >= 0.6 is 0 Å². The van der Waals surface area contributed by atoms with Gasteiger partial charge in [0.25, 0.3) is 0 Å². The van der Waals surface area contributed by atoms with Crippen LogP contribution in [0.3, 0.4) is 0 Å². The Morgan fingerprint density at radius 1 is 1.11 bits per heavy atom. The summed E-state index contributed by atoms with van der Waals surface area (Å²) in [6.45, 7) is 13.7. The van der Waals surface area contributed by atoms with Gasteiger partial charge in [0.05, 0.1) is 32.0 Å². The van der Waals surface area contributed by atoms with Gasteiger partial charge in [0.2, 0.25) is 0 Å². The average Bonchev–Trinajstić information content (AvgIpc) is 2.85. The molecule has 1 spiro atoms. The summed E-state index contributed by atoms with van der Waals surface area (Å²) in [5.41, 5.74) is 0.752. The first-order valence-corrected chi connectivity index (χ1v) is 13.8. The van der Waals surface area contributed by atoms with E-state index >= 15 is 0 Å². The minimum absolute atomic E-state index is 0.00505. The zero-order valence-electron chi connectivity index (χ0n) is 21.7. The van der Waals surface area contributed by atoms with Crippen LogP contribution in [0, 0.1) is 34.0 Å². The third kappa shape index (κ3) is 3.40. The van der Waals surface area contributed by atoms with E-state index in [4.69, 9.17) is 18.9 Å². The van der Waals surface area contributed by atoms with Gasteiger partial charge in [0, 0.05) is 35.9 Å². The molecule has 8 atom stereocenters. The van der Waals surface area contributed by atoms with E-state index in [2.05, 4.69) is 13.5 Å². The number of amides is 1. The van der Waals surface area contributed by atoms with Crippen LogP contribution in [0.2, 0.25) is 0 Å². The molecule has 7 rings (SSSR count). The number of morpholine rings is 1. The van der Waals surface area contributed by atoms with Crippen molar-refractivity contribution in [2.24, 2.45) is 34.0 Å². The van der Waals surface area contributed by atoms with E-state index in [0.29, 0.717) is 44.7 Å². The summed E-state index contributed by atoms with van der Waals surface area (Å²) in [6.07, 6.45) is 7.09. The largest absolute Gasteiger partial charge is 0.449 e. The van der Waals surface area contributed by atoms with E-state index in [-0.39, 0.29) is 47.1 Å². The maximum absolute atomic E-state index is 12.9. The smallest absolute Gasteiger partial charge is 0.409 e. The molecule has 8 unspecified atom stereocenters. The molecule has 0 radical (unpaired) electrons. The third-order valence-corrected chi connectivity index (χ3v) is 11.0. The lowest BCUT2D eigenvalue weighted by Gasteiger charge is -2.74. The molecule has 196 valence electrons. The van der Waals surface area contributed by atoms with Crippen molar-refractivity contribution in [1.82, 2.24) is 4.90 Å². The summed E-state index contributed by atoms with van der Waals surface area (Å²) in [5.74, 6) is 0.368. The second-order valence-electron chi connectivity index (χ2n) is 13.1. The highest BCUT2D eigenvalue weighted by atomic mass is 16.7. The monoisotopic (exact) mass is 489 g/mol. The third-order valence-electron chi connectivity index (χ3n) is 11.0. The van der Waals surface area contributed by atoms with Gasteiger partial charge >= 0.3 is 6.09 Å². The first-order chi connectivity index (χ1) is 16.7. The van der Waals surface area contributed by atoms with Crippen molar-refractivity contribution in [2.45, 2.75) is 83.7 Å². The van der Waals surface area contributed by atoms with E-state index in [0.717, 1.165) is 44.9 Å². The summed E-state index contributed by atoms with van der Waals surface area (Å²) in [5, 5.41) is 11.2. The highest BCUT2D eigenvalue weighted by molar-refractivity contribution is 5.67. The number of nitrogens with zero attached hydrogens (tertiary/aromatic N) is 1. The second-order valence-corrected chi connectivity index (χ2v) is 13.1. The number of carbonyl (C=O) groups excluding carboxylic acids is 1. The number of fused-ring (bicyclic) bond motifs is 2. The molecule has 35 heavy (non-hydrogen) atoms. The zero-order chi connectivity index (χ0) is 24.6. The number of hydrogen-bond donors (Lipinski definition) is 1. The highest BCUT2D eigenvalue weighted by Gasteiger charge is 2.74. The molecule has 0 aromatic carbocycles. The molecule has 7 nitrogen and oxygen atoms in total. The van der Waals surface area contributed by atoms with Gasteiger partial charge in [-0.1, -0.05) is 19.9 Å². The van der Waals surface area contributed by atoms with Gasteiger partial charge in [-0.3, -0.25) is 0 Å². The number of rotatable bonds is 3. The predicted octanol–water partition coefficient (Wildman–Crippen LogP) is 4.14. The fraction of sp³-hybridized carbons (Fsp3) is 0.893. The molecule has 1 N–H and O–H groups in total. The second kappa shape index (κ2) is 8.17. The molecule has 1 amide bonds. The van der Waals surface area contributed by atoms with Crippen molar-refractivity contribution in [1.29, 1.82) is 0 Å². The average molecular weight is 490 g/mol. The fourth-order valence-electron chi connectivity index (χ4n) is 9.52. The molecule has 0 aromatic heterocycles. The summed E-state index contributed by atoms with van der Waals surface area (Å²) in [4.78, 5) is 14.6. The normalized spacial score (nSPS) is 48.2. The topological polar surface area (TPSA) is 77.5 Å². The quantitative estimate of drug-likeness (QED) is 0.601. The van der Waals surface area contributed by atoms with Crippen LogP contribution in [0.25, 0.3) is 0 Å². The van der Waals surface area contributed by atoms with Crippen molar-refractivity contribution >= 4 is 6.09 Å². The van der Waals surface area contributed by atoms with Gasteiger partial charge in [-0.05, 0) is 75.7 Å². The van der Waals surface area contributed by atoms with Crippen LogP contribution in [0.5, 0.6) is 0 Å². The van der Waals surface area contributed by atoms with E-state index in [1.165, 1.54) is 5.57 Å². The molecule has 2 aliphatic heterocycles. The van der Waals surface area contributed by atoms with Crippen molar-refractivity contribution < 1.29 is 28.8 Å². The van der Waals surface area contributed by atoms with E-state index in [1.54, 1.807) is 4.90 Å². The van der Waals surface area contributed by atoms with Crippen LogP contribution in [-0.2, 0) is 18.9 Å². The highest BCUT2D eigenvalue weighted by Crippen LogP contribution is 2.74. The summed E-state index contributed by atoms with van der Waals surface area (Å²) in [6, 6.07) is 0. The molecule has 0 aromatic rings. The Hall–Kier alpha value is -1.15. The lowest BCUT2D eigenvalue weighted by molar-refractivity contribution is -0.397. The summed E-state index contributed by atoms with van der Waals surface area (Å²) < 4.78 is 24.8. The maximum Gasteiger partial charge on any atom is 0.409 e. The Kier molecular flexibility index (Phi) is 5.65. The van der Waals surface area contributed by atoms with Gasteiger partial charge in [-0.25, -0.2) is 4.79 Å². The number of hydrogen-bond acceptors (Lipinski definition) is 6.